The Kier molecular flexibility index (Phi) is 4.65. The van der Waals surface area contributed by atoms with E-state index in [0.717, 1.165) is 22.3 Å². The van der Waals surface area contributed by atoms with E-state index in [9.17, 15) is 4.79 Å². The lowest BCUT2D eigenvalue weighted by Crippen LogP contribution is -2.30. The average Bonchev–Trinajstić information content (AvgIpc) is 3.24. The topological polar surface area (TPSA) is 76.2 Å². The van der Waals surface area contributed by atoms with Crippen LogP contribution in [-0.2, 0) is 11.3 Å². The number of hydrogen-bond donors (Lipinski definition) is 2. The van der Waals surface area contributed by atoms with Crippen molar-refractivity contribution in [2.45, 2.75) is 23.9 Å². The first-order chi connectivity index (χ1) is 12.6. The summed E-state index contributed by atoms with van der Waals surface area (Å²) in [7, 11) is 0. The fourth-order valence-electron chi connectivity index (χ4n) is 2.62. The predicted octanol–water partition coefficient (Wildman–Crippen LogP) is 3.74. The lowest BCUT2D eigenvalue weighted by atomic mass is 10.2. The molecule has 134 valence electrons. The maximum Gasteiger partial charge on any atom is 0.233 e. The first kappa shape index (κ1) is 17.1. The third-order valence-electron chi connectivity index (χ3n) is 3.98. The second kappa shape index (κ2) is 7.09. The van der Waals surface area contributed by atoms with Gasteiger partial charge in [-0.3, -0.25) is 4.79 Å². The van der Waals surface area contributed by atoms with E-state index >= 15 is 0 Å². The average molecular weight is 390 g/mol. The number of fused-ring (bicyclic) bond motifs is 2. The zero-order chi connectivity index (χ0) is 18.1. The maximum atomic E-state index is 12.4. The third kappa shape index (κ3) is 3.59. The molecule has 6 nitrogen and oxygen atoms in total. The van der Waals surface area contributed by atoms with Crippen molar-refractivity contribution in [1.29, 1.82) is 0 Å². The summed E-state index contributed by atoms with van der Waals surface area (Å²) in [6.07, 6.45) is 0. The van der Waals surface area contributed by atoms with Gasteiger partial charge in [0.15, 0.2) is 16.7 Å². The Labute approximate surface area is 159 Å². The molecule has 0 spiro atoms. The van der Waals surface area contributed by atoms with Gasteiger partial charge in [-0.05, 0) is 42.8 Å². The van der Waals surface area contributed by atoms with E-state index < -0.39 is 0 Å². The molecular formula is C18H16ClN3O3S. The van der Waals surface area contributed by atoms with Gasteiger partial charge >= 0.3 is 0 Å². The highest BCUT2D eigenvalue weighted by atomic mass is 35.5. The fourth-order valence-corrected chi connectivity index (χ4v) is 3.64. The Bertz CT molecular complexity index is 975. The van der Waals surface area contributed by atoms with Gasteiger partial charge in [0.1, 0.15) is 0 Å². The molecule has 1 atom stereocenters. The Balaban J connectivity index is 1.36. The molecular weight excluding hydrogens is 374 g/mol. The quantitative estimate of drug-likeness (QED) is 0.650. The van der Waals surface area contributed by atoms with Crippen LogP contribution in [0.1, 0.15) is 12.5 Å². The summed E-state index contributed by atoms with van der Waals surface area (Å²) in [5.74, 6) is 1.38. The van der Waals surface area contributed by atoms with Gasteiger partial charge in [0.25, 0.3) is 0 Å². The van der Waals surface area contributed by atoms with Crippen molar-refractivity contribution < 1.29 is 14.3 Å². The van der Waals surface area contributed by atoms with Crippen LogP contribution in [-0.4, -0.2) is 27.9 Å². The number of amides is 1. The highest BCUT2D eigenvalue weighted by molar-refractivity contribution is 8.00. The number of H-pyrrole nitrogens is 1. The number of carbonyl (C=O) groups is 1. The molecule has 0 saturated carbocycles. The van der Waals surface area contributed by atoms with Gasteiger partial charge in [0.05, 0.1) is 16.3 Å². The summed E-state index contributed by atoms with van der Waals surface area (Å²) in [5, 5.41) is 3.98. The van der Waals surface area contributed by atoms with Crippen LogP contribution in [0, 0.1) is 0 Å². The molecule has 1 amide bonds. The number of carbonyl (C=O) groups excluding carboxylic acids is 1. The van der Waals surface area contributed by atoms with Gasteiger partial charge in [-0.25, -0.2) is 4.98 Å². The smallest absolute Gasteiger partial charge is 0.233 e. The minimum Gasteiger partial charge on any atom is -0.454 e. The Hall–Kier alpha value is -2.38. The van der Waals surface area contributed by atoms with E-state index in [-0.39, 0.29) is 18.0 Å². The Morgan fingerprint density at radius 1 is 1.31 bits per heavy atom. The van der Waals surface area contributed by atoms with E-state index in [4.69, 9.17) is 21.1 Å². The van der Waals surface area contributed by atoms with Gasteiger partial charge in [-0.15, -0.1) is 0 Å². The number of aromatic nitrogens is 2. The molecule has 1 aliphatic heterocycles. The zero-order valence-corrected chi connectivity index (χ0v) is 15.5. The SMILES string of the molecule is C[C@@H](Sc1nc2ccc(Cl)cc2[nH]1)C(=O)NCc1ccc2c(c1)OCO2. The van der Waals surface area contributed by atoms with E-state index in [1.807, 2.05) is 37.3 Å². The number of nitrogens with one attached hydrogen (secondary N) is 2. The lowest BCUT2D eigenvalue weighted by molar-refractivity contribution is -0.120. The van der Waals surface area contributed by atoms with Crippen LogP contribution in [0.15, 0.2) is 41.6 Å². The molecule has 26 heavy (non-hydrogen) atoms. The maximum absolute atomic E-state index is 12.4. The molecule has 8 heteroatoms. The van der Waals surface area contributed by atoms with Crippen LogP contribution < -0.4 is 14.8 Å². The number of halogens is 1. The van der Waals surface area contributed by atoms with Crippen molar-refractivity contribution in [3.05, 3.63) is 47.0 Å². The Morgan fingerprint density at radius 3 is 3.04 bits per heavy atom. The van der Waals surface area contributed by atoms with Gasteiger partial charge in [-0.1, -0.05) is 29.4 Å². The molecule has 2 heterocycles. The van der Waals surface area contributed by atoms with Crippen molar-refractivity contribution in [1.82, 2.24) is 15.3 Å². The number of nitrogens with zero attached hydrogens (tertiary/aromatic N) is 1. The van der Waals surface area contributed by atoms with E-state index in [2.05, 4.69) is 15.3 Å². The molecule has 2 N–H and O–H groups in total. The summed E-state index contributed by atoms with van der Waals surface area (Å²) in [5.41, 5.74) is 2.64. The van der Waals surface area contributed by atoms with Crippen molar-refractivity contribution in [2.24, 2.45) is 0 Å². The van der Waals surface area contributed by atoms with E-state index in [1.165, 1.54) is 11.8 Å². The molecule has 3 aromatic rings. The van der Waals surface area contributed by atoms with Crippen molar-refractivity contribution in [3.63, 3.8) is 0 Å². The molecule has 0 fully saturated rings. The van der Waals surface area contributed by atoms with Gasteiger partial charge < -0.3 is 19.8 Å². The number of rotatable bonds is 5. The van der Waals surface area contributed by atoms with Crippen molar-refractivity contribution >= 4 is 40.3 Å². The summed E-state index contributed by atoms with van der Waals surface area (Å²) >= 11 is 7.36. The molecule has 0 unspecified atom stereocenters. The normalized spacial score (nSPS) is 13.8. The molecule has 0 aliphatic carbocycles. The summed E-state index contributed by atoms with van der Waals surface area (Å²) in [6.45, 7) is 2.51. The highest BCUT2D eigenvalue weighted by Gasteiger charge is 2.18. The number of thioether (sulfide) groups is 1. The molecule has 1 aliphatic rings. The van der Waals surface area contributed by atoms with Crippen LogP contribution >= 0.6 is 23.4 Å². The first-order valence-electron chi connectivity index (χ1n) is 8.06. The fraction of sp³-hybridized carbons (Fsp3) is 0.222. The van der Waals surface area contributed by atoms with Gasteiger partial charge in [-0.2, -0.15) is 0 Å². The second-order valence-corrected chi connectivity index (χ2v) is 7.63. The van der Waals surface area contributed by atoms with Gasteiger partial charge in [0.2, 0.25) is 12.7 Å². The first-order valence-corrected chi connectivity index (χ1v) is 9.32. The number of hydrogen-bond acceptors (Lipinski definition) is 5. The number of imidazole rings is 1. The molecule has 0 saturated heterocycles. The largest absolute Gasteiger partial charge is 0.454 e. The van der Waals surface area contributed by atoms with Crippen LogP contribution in [0.2, 0.25) is 5.02 Å². The molecule has 0 bridgehead atoms. The minimum atomic E-state index is -0.292. The number of aromatic amines is 1. The lowest BCUT2D eigenvalue weighted by Gasteiger charge is -2.11. The van der Waals surface area contributed by atoms with Crippen LogP contribution in [0.5, 0.6) is 11.5 Å². The molecule has 0 radical (unpaired) electrons. The summed E-state index contributed by atoms with van der Waals surface area (Å²) in [6, 6.07) is 11.1. The van der Waals surface area contributed by atoms with Crippen LogP contribution in [0.25, 0.3) is 11.0 Å². The summed E-state index contributed by atoms with van der Waals surface area (Å²) < 4.78 is 10.6. The van der Waals surface area contributed by atoms with E-state index in [1.54, 1.807) is 6.07 Å². The van der Waals surface area contributed by atoms with Gasteiger partial charge in [0, 0.05) is 11.6 Å². The molecule has 2 aromatic carbocycles. The molecule has 1 aromatic heterocycles. The van der Waals surface area contributed by atoms with Crippen molar-refractivity contribution in [2.75, 3.05) is 6.79 Å². The van der Waals surface area contributed by atoms with Crippen LogP contribution in [0.3, 0.4) is 0 Å². The second-order valence-electron chi connectivity index (χ2n) is 5.87. The third-order valence-corrected chi connectivity index (χ3v) is 5.20. The number of benzene rings is 2. The molecule has 4 rings (SSSR count). The highest BCUT2D eigenvalue weighted by Crippen LogP contribution is 2.32. The van der Waals surface area contributed by atoms with Crippen molar-refractivity contribution in [3.8, 4) is 11.5 Å². The van der Waals surface area contributed by atoms with Crippen LogP contribution in [0.4, 0.5) is 0 Å². The monoisotopic (exact) mass is 389 g/mol. The van der Waals surface area contributed by atoms with E-state index in [0.29, 0.717) is 22.5 Å². The summed E-state index contributed by atoms with van der Waals surface area (Å²) in [4.78, 5) is 20.0. The zero-order valence-electron chi connectivity index (χ0n) is 13.9. The predicted molar refractivity (Wildman–Crippen MR) is 101 cm³/mol. The standard InChI is InChI=1S/C18H16ClN3O3S/c1-10(26-18-21-13-4-3-12(19)7-14(13)22-18)17(23)20-8-11-2-5-15-16(6-11)25-9-24-15/h2-7,10H,8-9H2,1H3,(H,20,23)(H,21,22)/t10-/m1/s1. The number of ether oxygens (including phenoxy) is 2. The Morgan fingerprint density at radius 2 is 2.15 bits per heavy atom. The minimum absolute atomic E-state index is 0.0637.